The molecule has 6 rings (SSSR count). The number of anilines is 1. The average Bonchev–Trinajstić information content (AvgIpc) is 3.47. The lowest BCUT2D eigenvalue weighted by atomic mass is 9.90. The first-order chi connectivity index (χ1) is 16.8. The Morgan fingerprint density at radius 3 is 2.83 bits per heavy atom. The van der Waals surface area contributed by atoms with Gasteiger partial charge in [0.05, 0.1) is 17.1 Å². The zero-order valence-corrected chi connectivity index (χ0v) is 20.3. The molecule has 4 heterocycles. The molecule has 4 aromatic rings. The predicted octanol–water partition coefficient (Wildman–Crippen LogP) is 4.65. The monoisotopic (exact) mass is 473 g/mol. The maximum Gasteiger partial charge on any atom is 0.166 e. The molecule has 2 atom stereocenters. The summed E-state index contributed by atoms with van der Waals surface area (Å²) in [5.41, 5.74) is 13.5. The molecule has 2 aliphatic rings. The van der Waals surface area contributed by atoms with Gasteiger partial charge in [-0.15, -0.1) is 0 Å². The van der Waals surface area contributed by atoms with Crippen molar-refractivity contribution in [1.29, 1.82) is 0 Å². The number of hydrogen-bond donors (Lipinski definition) is 1. The molecule has 3 aromatic heterocycles. The quantitative estimate of drug-likeness (QED) is 0.455. The van der Waals surface area contributed by atoms with Crippen molar-refractivity contribution in [2.24, 2.45) is 13.0 Å². The van der Waals surface area contributed by atoms with Crippen LogP contribution in [0.1, 0.15) is 61.7 Å². The number of ether oxygens (including phenoxy) is 1. The van der Waals surface area contributed by atoms with Crippen molar-refractivity contribution in [2.75, 3.05) is 5.73 Å². The normalized spacial score (nSPS) is 18.3. The molecular weight excluding hydrogens is 445 g/mol. The minimum atomic E-state index is -0.492. The Morgan fingerprint density at radius 1 is 1.20 bits per heavy atom. The fraction of sp³-hybridized carbons (Fsp3) is 0.385. The third-order valence-corrected chi connectivity index (χ3v) is 6.86. The molecular formula is C26H28FN7O. The van der Waals surface area contributed by atoms with Gasteiger partial charge in [0.2, 0.25) is 0 Å². The second-order valence-electron chi connectivity index (χ2n) is 9.90. The van der Waals surface area contributed by atoms with Gasteiger partial charge in [0.25, 0.3) is 0 Å². The van der Waals surface area contributed by atoms with E-state index in [4.69, 9.17) is 25.8 Å². The Bertz CT molecular complexity index is 1450. The molecule has 9 heteroatoms. The third kappa shape index (κ3) is 3.48. The van der Waals surface area contributed by atoms with Gasteiger partial charge in [0.1, 0.15) is 17.6 Å². The van der Waals surface area contributed by atoms with Crippen molar-refractivity contribution in [3.05, 3.63) is 58.8 Å². The van der Waals surface area contributed by atoms with Gasteiger partial charge in [-0.3, -0.25) is 4.68 Å². The Morgan fingerprint density at radius 2 is 2.03 bits per heavy atom. The van der Waals surface area contributed by atoms with E-state index in [2.05, 4.69) is 23.5 Å². The molecule has 1 unspecified atom stereocenters. The summed E-state index contributed by atoms with van der Waals surface area (Å²) in [5.74, 6) is 0.846. The van der Waals surface area contributed by atoms with E-state index >= 15 is 0 Å². The second-order valence-corrected chi connectivity index (χ2v) is 9.90. The van der Waals surface area contributed by atoms with Gasteiger partial charge in [0.15, 0.2) is 11.6 Å². The van der Waals surface area contributed by atoms with Crippen molar-refractivity contribution in [2.45, 2.75) is 52.2 Å². The number of aryl methyl sites for hydroxylation is 2. The molecule has 2 bridgehead atoms. The molecule has 0 saturated carbocycles. The SMILES string of the molecule is CC(C)Cn1nc2c3c1-c1cnc(N)c(c1)O[C@H](C)c1cc(F)ccc1-c1nn(C)nc1C3CC2. The molecule has 0 fully saturated rings. The fourth-order valence-electron chi connectivity index (χ4n) is 5.42. The van der Waals surface area contributed by atoms with Gasteiger partial charge in [-0.1, -0.05) is 13.8 Å². The van der Waals surface area contributed by atoms with Crippen LogP contribution in [0.5, 0.6) is 5.75 Å². The average molecular weight is 474 g/mol. The summed E-state index contributed by atoms with van der Waals surface area (Å²) >= 11 is 0. The van der Waals surface area contributed by atoms with Crippen LogP contribution < -0.4 is 10.5 Å². The van der Waals surface area contributed by atoms with Crippen LogP contribution in [0.15, 0.2) is 30.5 Å². The smallest absolute Gasteiger partial charge is 0.166 e. The Labute approximate surface area is 202 Å². The van der Waals surface area contributed by atoms with Crippen LogP contribution >= 0.6 is 0 Å². The van der Waals surface area contributed by atoms with E-state index in [-0.39, 0.29) is 11.7 Å². The standard InChI is InChI=1S/C26H28FN7O/c1-13(2)12-34-25-15-9-21(26(28)29-11-15)35-14(3)19-10-16(27)5-6-17(19)23-24(32-33(4)31-23)18-7-8-20(30-34)22(18)25/h5-6,9-11,13-14,18H,7-8,12H2,1-4H3,(H2,28,29)/t14-,18?/m1/s1. The number of nitrogens with zero attached hydrogens (tertiary/aromatic N) is 6. The van der Waals surface area contributed by atoms with Crippen LogP contribution in [0.25, 0.3) is 22.5 Å². The molecule has 0 spiro atoms. The zero-order valence-electron chi connectivity index (χ0n) is 20.3. The fourth-order valence-corrected chi connectivity index (χ4v) is 5.42. The molecule has 180 valence electrons. The van der Waals surface area contributed by atoms with E-state index in [1.807, 2.05) is 20.0 Å². The van der Waals surface area contributed by atoms with E-state index in [1.165, 1.54) is 12.1 Å². The van der Waals surface area contributed by atoms with Crippen molar-refractivity contribution in [3.63, 3.8) is 0 Å². The summed E-state index contributed by atoms with van der Waals surface area (Å²) in [7, 11) is 1.82. The van der Waals surface area contributed by atoms with Crippen molar-refractivity contribution < 1.29 is 9.13 Å². The Balaban J connectivity index is 1.68. The number of benzene rings is 1. The predicted molar refractivity (Wildman–Crippen MR) is 130 cm³/mol. The number of aromatic nitrogens is 6. The van der Waals surface area contributed by atoms with Crippen LogP contribution in [-0.2, 0) is 20.0 Å². The lowest BCUT2D eigenvalue weighted by Gasteiger charge is -2.22. The van der Waals surface area contributed by atoms with Gasteiger partial charge in [-0.05, 0) is 49.9 Å². The zero-order chi connectivity index (χ0) is 24.4. The van der Waals surface area contributed by atoms with Crippen LogP contribution in [0.2, 0.25) is 0 Å². The highest BCUT2D eigenvalue weighted by atomic mass is 19.1. The van der Waals surface area contributed by atoms with Gasteiger partial charge in [-0.2, -0.15) is 20.1 Å². The first kappa shape index (κ1) is 21.8. The summed E-state index contributed by atoms with van der Waals surface area (Å²) in [6.07, 6.45) is 3.03. The van der Waals surface area contributed by atoms with E-state index in [0.717, 1.165) is 58.9 Å². The molecule has 1 aliphatic heterocycles. The van der Waals surface area contributed by atoms with E-state index in [1.54, 1.807) is 17.1 Å². The van der Waals surface area contributed by atoms with Crippen molar-refractivity contribution in [3.8, 4) is 28.3 Å². The van der Waals surface area contributed by atoms with E-state index < -0.39 is 6.10 Å². The number of rotatable bonds is 2. The lowest BCUT2D eigenvalue weighted by molar-refractivity contribution is 0.227. The minimum absolute atomic E-state index is 0.0131. The first-order valence-corrected chi connectivity index (χ1v) is 12.0. The van der Waals surface area contributed by atoms with Gasteiger partial charge in [0, 0.05) is 48.0 Å². The van der Waals surface area contributed by atoms with Crippen LogP contribution in [0, 0.1) is 11.7 Å². The van der Waals surface area contributed by atoms with Crippen LogP contribution in [-0.4, -0.2) is 29.8 Å². The number of fused-ring (bicyclic) bond motifs is 7. The van der Waals surface area contributed by atoms with E-state index in [9.17, 15) is 4.39 Å². The third-order valence-electron chi connectivity index (χ3n) is 6.86. The highest BCUT2D eigenvalue weighted by molar-refractivity contribution is 5.73. The highest BCUT2D eigenvalue weighted by Crippen LogP contribution is 2.47. The molecule has 1 aromatic carbocycles. The summed E-state index contributed by atoms with van der Waals surface area (Å²) in [6.45, 7) is 7.02. The molecule has 8 nitrogen and oxygen atoms in total. The molecule has 2 N–H and O–H groups in total. The Hall–Kier alpha value is -3.75. The number of nitrogens with two attached hydrogens (primary N) is 1. The molecule has 0 radical (unpaired) electrons. The maximum atomic E-state index is 14.4. The molecule has 0 saturated heterocycles. The number of pyridine rings is 1. The maximum absolute atomic E-state index is 14.4. The molecule has 35 heavy (non-hydrogen) atoms. The minimum Gasteiger partial charge on any atom is -0.482 e. The van der Waals surface area contributed by atoms with Crippen molar-refractivity contribution in [1.82, 2.24) is 29.8 Å². The van der Waals surface area contributed by atoms with Gasteiger partial charge in [-0.25, -0.2) is 9.37 Å². The van der Waals surface area contributed by atoms with Crippen LogP contribution in [0.3, 0.4) is 0 Å². The summed E-state index contributed by atoms with van der Waals surface area (Å²) in [5, 5.41) is 14.6. The molecule has 0 amide bonds. The highest BCUT2D eigenvalue weighted by Gasteiger charge is 2.37. The summed E-state index contributed by atoms with van der Waals surface area (Å²) in [4.78, 5) is 6.06. The van der Waals surface area contributed by atoms with Crippen LogP contribution in [0.4, 0.5) is 10.2 Å². The number of halogens is 1. The van der Waals surface area contributed by atoms with E-state index in [0.29, 0.717) is 23.0 Å². The Kier molecular flexibility index (Phi) is 4.91. The number of nitrogen functional groups attached to an aromatic ring is 1. The second kappa shape index (κ2) is 7.90. The van der Waals surface area contributed by atoms with Gasteiger partial charge >= 0.3 is 0 Å². The summed E-state index contributed by atoms with van der Waals surface area (Å²) in [6, 6.07) is 6.66. The topological polar surface area (TPSA) is 96.7 Å². The number of hydrogen-bond acceptors (Lipinski definition) is 6. The van der Waals surface area contributed by atoms with Crippen molar-refractivity contribution >= 4 is 5.82 Å². The summed E-state index contributed by atoms with van der Waals surface area (Å²) < 4.78 is 22.8. The molecule has 1 aliphatic carbocycles. The first-order valence-electron chi connectivity index (χ1n) is 12.0. The largest absolute Gasteiger partial charge is 0.482 e. The van der Waals surface area contributed by atoms with Gasteiger partial charge < -0.3 is 10.5 Å². The lowest BCUT2D eigenvalue weighted by Crippen LogP contribution is -2.12.